The number of fused-ring (bicyclic) bond motifs is 1. The van der Waals surface area contributed by atoms with Crippen LogP contribution in [0.1, 0.15) is 29.7 Å². The van der Waals surface area contributed by atoms with Crippen molar-refractivity contribution < 1.29 is 4.79 Å². The number of primary amides is 1. The Morgan fingerprint density at radius 2 is 2.11 bits per heavy atom. The third-order valence-electron chi connectivity index (χ3n) is 3.30. The van der Waals surface area contributed by atoms with Crippen LogP contribution in [0.4, 0.5) is 5.82 Å². The molecule has 1 aromatic heterocycles. The first-order valence-electron chi connectivity index (χ1n) is 6.31. The maximum atomic E-state index is 11.0. The molecule has 2 rings (SSSR count). The molecule has 5 nitrogen and oxygen atoms in total. The van der Waals surface area contributed by atoms with Gasteiger partial charge in [0.2, 0.25) is 5.91 Å². The van der Waals surface area contributed by atoms with Gasteiger partial charge in [0.1, 0.15) is 10.8 Å². The van der Waals surface area contributed by atoms with E-state index in [9.17, 15) is 4.79 Å². The summed E-state index contributed by atoms with van der Waals surface area (Å²) in [6, 6.07) is 2.01. The lowest BCUT2D eigenvalue weighted by Gasteiger charge is -2.23. The van der Waals surface area contributed by atoms with Crippen molar-refractivity contribution in [3.05, 3.63) is 22.9 Å². The number of pyridine rings is 1. The van der Waals surface area contributed by atoms with Gasteiger partial charge in [-0.2, -0.15) is 0 Å². The van der Waals surface area contributed by atoms with Crippen molar-refractivity contribution in [2.24, 2.45) is 11.5 Å². The van der Waals surface area contributed by atoms with Gasteiger partial charge in [-0.1, -0.05) is 12.2 Å². The number of thiocarbonyl (C=S) groups is 1. The van der Waals surface area contributed by atoms with Crippen molar-refractivity contribution >= 4 is 28.9 Å². The molecule has 102 valence electrons. The number of hydrogen-bond acceptors (Lipinski definition) is 4. The highest BCUT2D eigenvalue weighted by molar-refractivity contribution is 7.80. The third-order valence-corrected chi connectivity index (χ3v) is 3.52. The minimum Gasteiger partial charge on any atom is -0.389 e. The predicted molar refractivity (Wildman–Crippen MR) is 79.2 cm³/mol. The van der Waals surface area contributed by atoms with E-state index in [-0.39, 0.29) is 6.54 Å². The van der Waals surface area contributed by atoms with Gasteiger partial charge in [0.05, 0.1) is 12.1 Å². The quantitative estimate of drug-likeness (QED) is 0.784. The Morgan fingerprint density at radius 1 is 1.42 bits per heavy atom. The van der Waals surface area contributed by atoms with Crippen LogP contribution < -0.4 is 16.4 Å². The Morgan fingerprint density at radius 3 is 2.74 bits per heavy atom. The van der Waals surface area contributed by atoms with Crippen LogP contribution >= 0.6 is 12.2 Å². The monoisotopic (exact) mass is 278 g/mol. The van der Waals surface area contributed by atoms with Crippen LogP contribution in [-0.4, -0.2) is 29.5 Å². The van der Waals surface area contributed by atoms with E-state index in [0.717, 1.165) is 30.5 Å². The largest absolute Gasteiger partial charge is 0.389 e. The first-order valence-corrected chi connectivity index (χ1v) is 6.72. The molecule has 1 aromatic rings. The molecule has 1 aliphatic carbocycles. The standard InChI is InChI=1S/C13H18N4OS/c1-17(7-11(14)18)13-9(12(15)19)6-8-4-2-3-5-10(8)16-13/h6H,2-5,7H2,1H3,(H2,14,18)(H2,15,19). The highest BCUT2D eigenvalue weighted by atomic mass is 32.1. The summed E-state index contributed by atoms with van der Waals surface area (Å²) in [5.41, 5.74) is 14.0. The molecule has 0 saturated heterocycles. The topological polar surface area (TPSA) is 85.2 Å². The summed E-state index contributed by atoms with van der Waals surface area (Å²) in [5, 5.41) is 0. The molecule has 1 aliphatic rings. The second kappa shape index (κ2) is 5.52. The number of aryl methyl sites for hydroxylation is 2. The molecule has 4 N–H and O–H groups in total. The smallest absolute Gasteiger partial charge is 0.236 e. The van der Waals surface area contributed by atoms with Gasteiger partial charge < -0.3 is 16.4 Å². The van der Waals surface area contributed by atoms with Crippen LogP contribution in [-0.2, 0) is 17.6 Å². The fraction of sp³-hybridized carbons (Fsp3) is 0.462. The van der Waals surface area contributed by atoms with E-state index in [1.807, 2.05) is 6.07 Å². The van der Waals surface area contributed by atoms with E-state index >= 15 is 0 Å². The van der Waals surface area contributed by atoms with Crippen LogP contribution in [0.2, 0.25) is 0 Å². The summed E-state index contributed by atoms with van der Waals surface area (Å²) in [6.45, 7) is 0.0986. The maximum absolute atomic E-state index is 11.0. The molecule has 0 fully saturated rings. The van der Waals surface area contributed by atoms with E-state index in [1.165, 1.54) is 12.0 Å². The summed E-state index contributed by atoms with van der Waals surface area (Å²) < 4.78 is 0. The zero-order valence-electron chi connectivity index (χ0n) is 11.0. The molecular weight excluding hydrogens is 260 g/mol. The Balaban J connectivity index is 2.45. The van der Waals surface area contributed by atoms with Crippen molar-refractivity contribution in [2.45, 2.75) is 25.7 Å². The van der Waals surface area contributed by atoms with Crippen molar-refractivity contribution in [3.8, 4) is 0 Å². The van der Waals surface area contributed by atoms with Gasteiger partial charge in [-0.3, -0.25) is 4.79 Å². The van der Waals surface area contributed by atoms with Crippen molar-refractivity contribution in [1.29, 1.82) is 0 Å². The predicted octanol–water partition coefficient (Wildman–Crippen LogP) is 0.516. The number of hydrogen-bond donors (Lipinski definition) is 2. The summed E-state index contributed by atoms with van der Waals surface area (Å²) in [4.78, 5) is 17.7. The molecule has 1 amide bonds. The third kappa shape index (κ3) is 3.01. The number of nitrogens with two attached hydrogens (primary N) is 2. The van der Waals surface area contributed by atoms with Crippen LogP contribution in [0.15, 0.2) is 6.07 Å². The Hall–Kier alpha value is -1.69. The highest BCUT2D eigenvalue weighted by Gasteiger charge is 2.19. The number of likely N-dealkylation sites (N-methyl/N-ethyl adjacent to an activating group) is 1. The van der Waals surface area contributed by atoms with Crippen molar-refractivity contribution in [3.63, 3.8) is 0 Å². The van der Waals surface area contributed by atoms with Gasteiger partial charge in [0.15, 0.2) is 0 Å². The van der Waals surface area contributed by atoms with E-state index in [0.29, 0.717) is 10.8 Å². The number of nitrogens with zero attached hydrogens (tertiary/aromatic N) is 2. The van der Waals surface area contributed by atoms with E-state index < -0.39 is 5.91 Å². The highest BCUT2D eigenvalue weighted by Crippen LogP contribution is 2.26. The Kier molecular flexibility index (Phi) is 3.99. The van der Waals surface area contributed by atoms with Crippen LogP contribution in [0.25, 0.3) is 0 Å². The van der Waals surface area contributed by atoms with Gasteiger partial charge >= 0.3 is 0 Å². The van der Waals surface area contributed by atoms with Gasteiger partial charge in [-0.25, -0.2) is 4.98 Å². The lowest BCUT2D eigenvalue weighted by atomic mass is 9.94. The fourth-order valence-electron chi connectivity index (χ4n) is 2.40. The van der Waals surface area contributed by atoms with Gasteiger partial charge in [-0.15, -0.1) is 0 Å². The van der Waals surface area contributed by atoms with Crippen LogP contribution in [0.3, 0.4) is 0 Å². The minimum atomic E-state index is -0.407. The number of anilines is 1. The summed E-state index contributed by atoms with van der Waals surface area (Å²) >= 11 is 5.08. The average Bonchev–Trinajstić information content (AvgIpc) is 2.36. The molecule has 0 bridgehead atoms. The van der Waals surface area contributed by atoms with Gasteiger partial charge in [-0.05, 0) is 37.3 Å². The summed E-state index contributed by atoms with van der Waals surface area (Å²) in [7, 11) is 1.77. The van der Waals surface area contributed by atoms with Gasteiger partial charge in [0, 0.05) is 12.7 Å². The van der Waals surface area contributed by atoms with Crippen LogP contribution in [0.5, 0.6) is 0 Å². The molecular formula is C13H18N4OS. The average molecular weight is 278 g/mol. The summed E-state index contributed by atoms with van der Waals surface area (Å²) in [6.07, 6.45) is 4.29. The molecule has 0 atom stereocenters. The minimum absolute atomic E-state index is 0.0986. The number of aromatic nitrogens is 1. The van der Waals surface area contributed by atoms with Gasteiger partial charge in [0.25, 0.3) is 0 Å². The normalized spacial score (nSPS) is 13.7. The van der Waals surface area contributed by atoms with E-state index in [2.05, 4.69) is 4.98 Å². The first kappa shape index (κ1) is 13.7. The second-order valence-electron chi connectivity index (χ2n) is 4.86. The first-order chi connectivity index (χ1) is 8.99. The molecule has 1 heterocycles. The van der Waals surface area contributed by atoms with Crippen LogP contribution in [0, 0.1) is 0 Å². The number of carbonyl (C=O) groups is 1. The zero-order chi connectivity index (χ0) is 14.0. The van der Waals surface area contributed by atoms with E-state index in [4.69, 9.17) is 23.7 Å². The second-order valence-corrected chi connectivity index (χ2v) is 5.30. The molecule has 0 unspecified atom stereocenters. The molecule has 0 aromatic carbocycles. The maximum Gasteiger partial charge on any atom is 0.236 e. The Bertz CT molecular complexity index is 530. The lowest BCUT2D eigenvalue weighted by molar-refractivity contribution is -0.116. The van der Waals surface area contributed by atoms with Crippen molar-refractivity contribution in [2.75, 3.05) is 18.5 Å². The number of amides is 1. The SMILES string of the molecule is CN(CC(N)=O)c1nc2c(cc1C(N)=S)CCCC2. The molecule has 0 radical (unpaired) electrons. The molecule has 0 saturated carbocycles. The number of carbonyl (C=O) groups excluding carboxylic acids is 1. The fourth-order valence-corrected chi connectivity index (χ4v) is 2.55. The lowest BCUT2D eigenvalue weighted by Crippen LogP contribution is -2.33. The zero-order valence-corrected chi connectivity index (χ0v) is 11.8. The molecule has 0 spiro atoms. The molecule has 0 aliphatic heterocycles. The molecule has 6 heteroatoms. The van der Waals surface area contributed by atoms with E-state index in [1.54, 1.807) is 11.9 Å². The molecule has 19 heavy (non-hydrogen) atoms. The van der Waals surface area contributed by atoms with Crippen molar-refractivity contribution in [1.82, 2.24) is 4.98 Å². The Labute approximate surface area is 118 Å². The number of rotatable bonds is 4. The summed E-state index contributed by atoms with van der Waals surface area (Å²) in [5.74, 6) is 0.239.